The molecule has 3 aromatic carbocycles. The summed E-state index contributed by atoms with van der Waals surface area (Å²) in [6, 6.07) is 23.6. The number of hydrogen-bond acceptors (Lipinski definition) is 3. The third-order valence-electron chi connectivity index (χ3n) is 6.13. The van der Waals surface area contributed by atoms with Gasteiger partial charge in [0.1, 0.15) is 11.8 Å². The van der Waals surface area contributed by atoms with E-state index in [1.54, 1.807) is 35.2 Å². The summed E-state index contributed by atoms with van der Waals surface area (Å²) in [5.41, 5.74) is 1.86. The largest absolute Gasteiger partial charge is 0.494 e. The van der Waals surface area contributed by atoms with Gasteiger partial charge < -0.3 is 15.0 Å². The first-order valence-electron chi connectivity index (χ1n) is 12.6. The fourth-order valence-electron chi connectivity index (χ4n) is 3.91. The van der Waals surface area contributed by atoms with Crippen molar-refractivity contribution in [1.29, 1.82) is 0 Å². The summed E-state index contributed by atoms with van der Waals surface area (Å²) in [5, 5.41) is 4.31. The van der Waals surface area contributed by atoms with Crippen LogP contribution in [0.1, 0.15) is 44.2 Å². The van der Waals surface area contributed by atoms with Crippen LogP contribution in [0.2, 0.25) is 10.0 Å². The van der Waals surface area contributed by atoms with Gasteiger partial charge in [-0.1, -0.05) is 72.6 Å². The van der Waals surface area contributed by atoms with Crippen LogP contribution >= 0.6 is 23.2 Å². The van der Waals surface area contributed by atoms with Crippen molar-refractivity contribution in [2.45, 2.75) is 58.2 Å². The summed E-state index contributed by atoms with van der Waals surface area (Å²) >= 11 is 12.2. The van der Waals surface area contributed by atoms with Crippen LogP contribution in [0.5, 0.6) is 5.75 Å². The lowest BCUT2D eigenvalue weighted by Gasteiger charge is -2.32. The van der Waals surface area contributed by atoms with Crippen molar-refractivity contribution >= 4 is 35.0 Å². The number of rotatable bonds is 13. The number of ether oxygens (including phenoxy) is 1. The van der Waals surface area contributed by atoms with Crippen LogP contribution in [-0.4, -0.2) is 35.4 Å². The Kier molecular flexibility index (Phi) is 11.3. The summed E-state index contributed by atoms with van der Waals surface area (Å²) < 4.78 is 5.77. The molecule has 2 amide bonds. The van der Waals surface area contributed by atoms with Crippen LogP contribution < -0.4 is 10.1 Å². The van der Waals surface area contributed by atoms with Crippen molar-refractivity contribution in [2.24, 2.45) is 0 Å². The smallest absolute Gasteiger partial charge is 0.243 e. The Morgan fingerprint density at radius 2 is 1.62 bits per heavy atom. The molecular formula is C30H34Cl2N2O3. The second-order valence-electron chi connectivity index (χ2n) is 9.08. The van der Waals surface area contributed by atoms with Crippen LogP contribution in [-0.2, 0) is 22.6 Å². The lowest BCUT2D eigenvalue weighted by molar-refractivity contribution is -0.141. The molecule has 0 aliphatic carbocycles. The zero-order valence-electron chi connectivity index (χ0n) is 21.3. The number of nitrogens with one attached hydrogen (secondary N) is 1. The standard InChI is InChI=1S/C30H34Cl2N2O3/c1-3-22(2)33-30(36)28(20-23-9-5-4-6-10-23)34(21-24-11-7-12-26(32)19-24)29(35)13-8-18-37-27-16-14-25(31)15-17-27/h4-7,9-12,14-17,19,22,28H,3,8,13,18,20-21H2,1-2H3,(H,33,36)/t22-,28-/m0/s1. The fourth-order valence-corrected chi connectivity index (χ4v) is 4.25. The van der Waals surface area contributed by atoms with Crippen molar-refractivity contribution in [3.05, 3.63) is 100 Å². The minimum Gasteiger partial charge on any atom is -0.494 e. The molecule has 0 aliphatic rings. The molecule has 0 saturated carbocycles. The first-order valence-corrected chi connectivity index (χ1v) is 13.4. The molecule has 196 valence electrons. The van der Waals surface area contributed by atoms with Crippen molar-refractivity contribution in [1.82, 2.24) is 10.2 Å². The van der Waals surface area contributed by atoms with Gasteiger partial charge in [-0.3, -0.25) is 9.59 Å². The normalized spacial score (nSPS) is 12.4. The van der Waals surface area contributed by atoms with Gasteiger partial charge in [0, 0.05) is 35.5 Å². The van der Waals surface area contributed by atoms with E-state index in [1.807, 2.05) is 62.4 Å². The summed E-state index contributed by atoms with van der Waals surface area (Å²) in [6.45, 7) is 4.64. The van der Waals surface area contributed by atoms with Crippen LogP contribution in [0.15, 0.2) is 78.9 Å². The predicted molar refractivity (Wildman–Crippen MR) is 150 cm³/mol. The lowest BCUT2D eigenvalue weighted by Crippen LogP contribution is -2.52. The number of nitrogens with zero attached hydrogens (tertiary/aromatic N) is 1. The van der Waals surface area contributed by atoms with Gasteiger partial charge in [-0.2, -0.15) is 0 Å². The van der Waals surface area contributed by atoms with E-state index in [4.69, 9.17) is 27.9 Å². The predicted octanol–water partition coefficient (Wildman–Crippen LogP) is 6.71. The van der Waals surface area contributed by atoms with Gasteiger partial charge in [-0.25, -0.2) is 0 Å². The Bertz CT molecular complexity index is 1140. The first-order chi connectivity index (χ1) is 17.9. The van der Waals surface area contributed by atoms with E-state index in [2.05, 4.69) is 5.32 Å². The van der Waals surface area contributed by atoms with Gasteiger partial charge in [0.05, 0.1) is 6.61 Å². The average Bonchev–Trinajstić information content (AvgIpc) is 2.90. The highest BCUT2D eigenvalue weighted by molar-refractivity contribution is 6.30. The van der Waals surface area contributed by atoms with Gasteiger partial charge >= 0.3 is 0 Å². The van der Waals surface area contributed by atoms with Crippen LogP contribution in [0.3, 0.4) is 0 Å². The van der Waals surface area contributed by atoms with E-state index in [9.17, 15) is 9.59 Å². The maximum absolute atomic E-state index is 13.6. The van der Waals surface area contributed by atoms with Gasteiger partial charge in [-0.15, -0.1) is 0 Å². The molecule has 1 N–H and O–H groups in total. The quantitative estimate of drug-likeness (QED) is 0.245. The van der Waals surface area contributed by atoms with Crippen molar-refractivity contribution in [2.75, 3.05) is 6.61 Å². The molecule has 0 saturated heterocycles. The number of carbonyl (C=O) groups is 2. The molecule has 0 unspecified atom stereocenters. The molecule has 0 bridgehead atoms. The molecule has 0 aromatic heterocycles. The number of amides is 2. The minimum atomic E-state index is -0.667. The van der Waals surface area contributed by atoms with Crippen LogP contribution in [0, 0.1) is 0 Å². The molecule has 7 heteroatoms. The third kappa shape index (κ3) is 9.42. The Balaban J connectivity index is 1.79. The highest BCUT2D eigenvalue weighted by atomic mass is 35.5. The monoisotopic (exact) mass is 540 g/mol. The van der Waals surface area contributed by atoms with E-state index >= 15 is 0 Å². The summed E-state index contributed by atoms with van der Waals surface area (Å²) in [6.07, 6.45) is 1.97. The topological polar surface area (TPSA) is 58.6 Å². The summed E-state index contributed by atoms with van der Waals surface area (Å²) in [4.78, 5) is 28.8. The van der Waals surface area contributed by atoms with Gasteiger partial charge in [-0.05, 0) is 67.3 Å². The van der Waals surface area contributed by atoms with E-state index in [-0.39, 0.29) is 30.8 Å². The number of hydrogen-bond donors (Lipinski definition) is 1. The molecule has 0 spiro atoms. The lowest BCUT2D eigenvalue weighted by atomic mass is 10.0. The molecule has 0 radical (unpaired) electrons. The van der Waals surface area contributed by atoms with Crippen LogP contribution in [0.25, 0.3) is 0 Å². The van der Waals surface area contributed by atoms with Crippen molar-refractivity contribution < 1.29 is 14.3 Å². The Labute approximate surface area is 229 Å². The molecule has 37 heavy (non-hydrogen) atoms. The van der Waals surface area contributed by atoms with E-state index in [0.29, 0.717) is 35.2 Å². The summed E-state index contributed by atoms with van der Waals surface area (Å²) in [5.74, 6) is 0.424. The van der Waals surface area contributed by atoms with Crippen molar-refractivity contribution in [3.63, 3.8) is 0 Å². The molecule has 2 atom stereocenters. The van der Waals surface area contributed by atoms with E-state index in [0.717, 1.165) is 17.5 Å². The maximum atomic E-state index is 13.6. The zero-order chi connectivity index (χ0) is 26.6. The average molecular weight is 542 g/mol. The Hall–Kier alpha value is -3.02. The maximum Gasteiger partial charge on any atom is 0.243 e. The number of benzene rings is 3. The van der Waals surface area contributed by atoms with Crippen LogP contribution in [0.4, 0.5) is 0 Å². The van der Waals surface area contributed by atoms with E-state index < -0.39 is 6.04 Å². The highest BCUT2D eigenvalue weighted by Gasteiger charge is 2.30. The van der Waals surface area contributed by atoms with Gasteiger partial charge in [0.25, 0.3) is 0 Å². The third-order valence-corrected chi connectivity index (χ3v) is 6.62. The SMILES string of the molecule is CC[C@H](C)NC(=O)[C@H](Cc1ccccc1)N(Cc1cccc(Cl)c1)C(=O)CCCOc1ccc(Cl)cc1. The van der Waals surface area contributed by atoms with Crippen molar-refractivity contribution in [3.8, 4) is 5.75 Å². The first kappa shape index (κ1) is 28.5. The Morgan fingerprint density at radius 1 is 0.919 bits per heavy atom. The molecule has 0 fully saturated rings. The molecule has 3 rings (SSSR count). The molecule has 0 heterocycles. The highest BCUT2D eigenvalue weighted by Crippen LogP contribution is 2.20. The van der Waals surface area contributed by atoms with E-state index in [1.165, 1.54) is 0 Å². The molecule has 3 aromatic rings. The molecule has 5 nitrogen and oxygen atoms in total. The second-order valence-corrected chi connectivity index (χ2v) is 9.95. The fraction of sp³-hybridized carbons (Fsp3) is 0.333. The second kappa shape index (κ2) is 14.7. The number of halogens is 2. The van der Waals surface area contributed by atoms with Gasteiger partial charge in [0.2, 0.25) is 11.8 Å². The minimum absolute atomic E-state index is 0.00155. The molecular weight excluding hydrogens is 507 g/mol. The Morgan fingerprint density at radius 3 is 2.30 bits per heavy atom. The number of carbonyl (C=O) groups excluding carboxylic acids is 2. The van der Waals surface area contributed by atoms with Gasteiger partial charge in [0.15, 0.2) is 0 Å². The molecule has 0 aliphatic heterocycles. The zero-order valence-corrected chi connectivity index (χ0v) is 22.8. The summed E-state index contributed by atoms with van der Waals surface area (Å²) in [7, 11) is 0.